The summed E-state index contributed by atoms with van der Waals surface area (Å²) in [7, 11) is 0. The molecule has 0 unspecified atom stereocenters. The van der Waals surface area contributed by atoms with Crippen molar-refractivity contribution in [2.75, 3.05) is 0 Å². The lowest BCUT2D eigenvalue weighted by atomic mass is 9.80. The van der Waals surface area contributed by atoms with E-state index in [4.69, 9.17) is 4.74 Å². The second-order valence-corrected chi connectivity index (χ2v) is 7.39. The number of rotatable bonds is 4. The molecule has 0 aliphatic heterocycles. The van der Waals surface area contributed by atoms with E-state index >= 15 is 0 Å². The van der Waals surface area contributed by atoms with Crippen molar-refractivity contribution in [3.05, 3.63) is 28.3 Å². The predicted octanol–water partition coefficient (Wildman–Crippen LogP) is 5.77. The Hall–Kier alpha value is -0.980. The van der Waals surface area contributed by atoms with Gasteiger partial charge < -0.3 is 4.74 Å². The lowest BCUT2D eigenvalue weighted by Gasteiger charge is -2.30. The summed E-state index contributed by atoms with van der Waals surface area (Å²) in [6.45, 7) is 20.1. The molecule has 114 valence electrons. The molecule has 1 aromatic rings. The second-order valence-electron chi connectivity index (χ2n) is 7.39. The molecule has 0 aliphatic rings. The molecule has 0 N–H and O–H groups in total. The molecule has 0 aliphatic carbocycles. The first-order chi connectivity index (χ1) is 9.09. The van der Waals surface area contributed by atoms with Crippen LogP contribution in [0.15, 0.2) is 6.07 Å². The average Bonchev–Trinajstić information content (AvgIpc) is 2.27. The maximum Gasteiger partial charge on any atom is 0.127 e. The van der Waals surface area contributed by atoms with Crippen LogP contribution in [-0.4, -0.2) is 6.10 Å². The standard InChI is InChI=1S/C19H32O/c1-10-15-14(6)11-16(19(7,8)9)18(20-13(4)5)17(15)12(2)3/h11-13H,10H2,1-9H3. The zero-order chi connectivity index (χ0) is 15.7. The van der Waals surface area contributed by atoms with Crippen molar-refractivity contribution in [2.45, 2.75) is 86.2 Å². The summed E-state index contributed by atoms with van der Waals surface area (Å²) in [5.74, 6) is 1.62. The van der Waals surface area contributed by atoms with Crippen LogP contribution in [0.2, 0.25) is 0 Å². The molecule has 0 saturated heterocycles. The van der Waals surface area contributed by atoms with Gasteiger partial charge in [-0.2, -0.15) is 0 Å². The summed E-state index contributed by atoms with van der Waals surface area (Å²) in [4.78, 5) is 0. The van der Waals surface area contributed by atoms with E-state index in [1.807, 2.05) is 0 Å². The molecule has 1 rings (SSSR count). The zero-order valence-corrected chi connectivity index (χ0v) is 14.8. The normalized spacial score (nSPS) is 12.3. The summed E-state index contributed by atoms with van der Waals surface area (Å²) in [5, 5.41) is 0. The fraction of sp³-hybridized carbons (Fsp3) is 0.684. The van der Waals surface area contributed by atoms with Crippen molar-refractivity contribution >= 4 is 0 Å². The van der Waals surface area contributed by atoms with Crippen molar-refractivity contribution in [1.82, 2.24) is 0 Å². The van der Waals surface area contributed by atoms with Gasteiger partial charge in [-0.3, -0.25) is 0 Å². The van der Waals surface area contributed by atoms with E-state index in [2.05, 4.69) is 68.4 Å². The highest BCUT2D eigenvalue weighted by Gasteiger charge is 2.26. The molecule has 1 heteroatoms. The van der Waals surface area contributed by atoms with Gasteiger partial charge in [0.1, 0.15) is 5.75 Å². The second kappa shape index (κ2) is 6.20. The molecular formula is C19H32O. The van der Waals surface area contributed by atoms with E-state index in [1.165, 1.54) is 22.3 Å². The molecule has 0 spiro atoms. The van der Waals surface area contributed by atoms with E-state index in [1.54, 1.807) is 0 Å². The largest absolute Gasteiger partial charge is 0.490 e. The van der Waals surface area contributed by atoms with Gasteiger partial charge >= 0.3 is 0 Å². The number of aryl methyl sites for hydroxylation is 1. The van der Waals surface area contributed by atoms with Gasteiger partial charge in [0.2, 0.25) is 0 Å². The van der Waals surface area contributed by atoms with Crippen LogP contribution in [0, 0.1) is 6.92 Å². The van der Waals surface area contributed by atoms with Crippen molar-refractivity contribution in [3.63, 3.8) is 0 Å². The molecule has 0 bridgehead atoms. The maximum atomic E-state index is 6.26. The van der Waals surface area contributed by atoms with Crippen LogP contribution < -0.4 is 4.74 Å². The first kappa shape index (κ1) is 17.1. The van der Waals surface area contributed by atoms with E-state index in [9.17, 15) is 0 Å². The Morgan fingerprint density at radius 1 is 1.10 bits per heavy atom. The molecule has 1 aromatic carbocycles. The SMILES string of the molecule is CCc1c(C)cc(C(C)(C)C)c(OC(C)C)c1C(C)C. The van der Waals surface area contributed by atoms with Gasteiger partial charge in [-0.25, -0.2) is 0 Å². The minimum Gasteiger partial charge on any atom is -0.490 e. The van der Waals surface area contributed by atoms with Gasteiger partial charge in [-0.15, -0.1) is 0 Å². The van der Waals surface area contributed by atoms with E-state index < -0.39 is 0 Å². The molecular weight excluding hydrogens is 244 g/mol. The Morgan fingerprint density at radius 2 is 1.65 bits per heavy atom. The predicted molar refractivity (Wildman–Crippen MR) is 89.1 cm³/mol. The molecule has 0 atom stereocenters. The Balaban J connectivity index is 3.69. The molecule has 0 saturated carbocycles. The van der Waals surface area contributed by atoms with Crippen LogP contribution in [-0.2, 0) is 11.8 Å². The quantitative estimate of drug-likeness (QED) is 0.678. The number of hydrogen-bond acceptors (Lipinski definition) is 1. The van der Waals surface area contributed by atoms with Gasteiger partial charge in [0.15, 0.2) is 0 Å². The Bertz CT molecular complexity index is 462. The summed E-state index contributed by atoms with van der Waals surface area (Å²) in [5.41, 5.74) is 5.71. The summed E-state index contributed by atoms with van der Waals surface area (Å²) in [6, 6.07) is 2.34. The molecule has 0 amide bonds. The maximum absolute atomic E-state index is 6.26. The molecule has 0 fully saturated rings. The molecule has 20 heavy (non-hydrogen) atoms. The molecule has 0 heterocycles. The van der Waals surface area contributed by atoms with Gasteiger partial charge in [0.05, 0.1) is 6.10 Å². The van der Waals surface area contributed by atoms with E-state index in [-0.39, 0.29) is 11.5 Å². The van der Waals surface area contributed by atoms with Gasteiger partial charge in [-0.1, -0.05) is 47.6 Å². The van der Waals surface area contributed by atoms with E-state index in [0.717, 1.165) is 12.2 Å². The van der Waals surface area contributed by atoms with Crippen molar-refractivity contribution in [2.24, 2.45) is 0 Å². The summed E-state index contributed by atoms with van der Waals surface area (Å²) >= 11 is 0. The number of ether oxygens (including phenoxy) is 1. The minimum absolute atomic E-state index is 0.102. The lowest BCUT2D eigenvalue weighted by molar-refractivity contribution is 0.233. The molecule has 1 nitrogen and oxygen atoms in total. The molecule has 0 aromatic heterocycles. The van der Waals surface area contributed by atoms with Crippen molar-refractivity contribution in [1.29, 1.82) is 0 Å². The molecule has 0 radical (unpaired) electrons. The van der Waals surface area contributed by atoms with Gasteiger partial charge in [-0.05, 0) is 49.7 Å². The van der Waals surface area contributed by atoms with Crippen LogP contribution in [0.3, 0.4) is 0 Å². The topological polar surface area (TPSA) is 9.23 Å². The van der Waals surface area contributed by atoms with Crippen LogP contribution >= 0.6 is 0 Å². The van der Waals surface area contributed by atoms with Gasteiger partial charge in [0.25, 0.3) is 0 Å². The number of hydrogen-bond donors (Lipinski definition) is 0. The van der Waals surface area contributed by atoms with Crippen LogP contribution in [0.25, 0.3) is 0 Å². The summed E-state index contributed by atoms with van der Waals surface area (Å²) in [6.07, 6.45) is 1.28. The first-order valence-electron chi connectivity index (χ1n) is 7.93. The van der Waals surface area contributed by atoms with E-state index in [0.29, 0.717) is 5.92 Å². The third-order valence-electron chi connectivity index (χ3n) is 3.74. The Kier molecular flexibility index (Phi) is 5.29. The average molecular weight is 276 g/mol. The highest BCUT2D eigenvalue weighted by atomic mass is 16.5. The lowest BCUT2D eigenvalue weighted by Crippen LogP contribution is -2.19. The van der Waals surface area contributed by atoms with Crippen LogP contribution in [0.1, 0.15) is 83.6 Å². The summed E-state index contributed by atoms with van der Waals surface area (Å²) < 4.78 is 6.26. The minimum atomic E-state index is 0.102. The highest BCUT2D eigenvalue weighted by Crippen LogP contribution is 2.41. The third-order valence-corrected chi connectivity index (χ3v) is 3.74. The highest BCUT2D eigenvalue weighted by molar-refractivity contribution is 5.54. The van der Waals surface area contributed by atoms with Crippen molar-refractivity contribution in [3.8, 4) is 5.75 Å². The van der Waals surface area contributed by atoms with Gasteiger partial charge in [0, 0.05) is 11.1 Å². The fourth-order valence-corrected chi connectivity index (χ4v) is 2.86. The van der Waals surface area contributed by atoms with Crippen molar-refractivity contribution < 1.29 is 4.74 Å². The fourth-order valence-electron chi connectivity index (χ4n) is 2.86. The van der Waals surface area contributed by atoms with Crippen LogP contribution in [0.5, 0.6) is 5.75 Å². The number of benzene rings is 1. The third kappa shape index (κ3) is 3.56. The smallest absolute Gasteiger partial charge is 0.127 e. The Morgan fingerprint density at radius 3 is 2.00 bits per heavy atom. The first-order valence-corrected chi connectivity index (χ1v) is 7.93. The van der Waals surface area contributed by atoms with Crippen LogP contribution in [0.4, 0.5) is 0 Å². The monoisotopic (exact) mass is 276 g/mol. The Labute approximate surface area is 125 Å². The zero-order valence-electron chi connectivity index (χ0n) is 14.8.